The van der Waals surface area contributed by atoms with Crippen molar-refractivity contribution in [3.63, 3.8) is 0 Å². The fraction of sp³-hybridized carbons (Fsp3) is 0.533. The van der Waals surface area contributed by atoms with Crippen LogP contribution in [-0.2, 0) is 11.0 Å². The minimum atomic E-state index is -4.42. The van der Waals surface area contributed by atoms with E-state index in [0.717, 1.165) is 38.1 Å². The van der Waals surface area contributed by atoms with Crippen LogP contribution in [0.3, 0.4) is 0 Å². The Bertz CT molecular complexity index is 520. The van der Waals surface area contributed by atoms with Crippen molar-refractivity contribution in [1.82, 2.24) is 10.2 Å². The Morgan fingerprint density at radius 2 is 2.00 bits per heavy atom. The molecule has 1 aliphatic heterocycles. The van der Waals surface area contributed by atoms with Gasteiger partial charge >= 0.3 is 6.18 Å². The summed E-state index contributed by atoms with van der Waals surface area (Å²) in [6.45, 7) is 1.45. The number of hydrogen-bond donors (Lipinski definition) is 1. The summed E-state index contributed by atoms with van der Waals surface area (Å²) in [7, 11) is 1.70. The van der Waals surface area contributed by atoms with Gasteiger partial charge < -0.3 is 15.0 Å². The fourth-order valence-electron chi connectivity index (χ4n) is 2.41. The van der Waals surface area contributed by atoms with E-state index in [4.69, 9.17) is 4.74 Å². The van der Waals surface area contributed by atoms with Crippen molar-refractivity contribution in [2.75, 3.05) is 26.7 Å². The van der Waals surface area contributed by atoms with Gasteiger partial charge in [-0.3, -0.25) is 4.79 Å². The van der Waals surface area contributed by atoms with Gasteiger partial charge in [0.2, 0.25) is 0 Å². The third kappa shape index (κ3) is 5.58. The van der Waals surface area contributed by atoms with Gasteiger partial charge in [-0.05, 0) is 44.1 Å². The Labute approximate surface area is 139 Å². The molecular formula is C15H20ClF3N2O2. The molecule has 1 heterocycles. The van der Waals surface area contributed by atoms with Gasteiger partial charge in [0.1, 0.15) is 5.75 Å². The van der Waals surface area contributed by atoms with Gasteiger partial charge in [0.05, 0.1) is 5.56 Å². The minimum Gasteiger partial charge on any atom is -0.484 e. The number of nitrogens with zero attached hydrogens (tertiary/aromatic N) is 1. The van der Waals surface area contributed by atoms with Crippen molar-refractivity contribution in [2.24, 2.45) is 0 Å². The Balaban J connectivity index is 0.00000264. The lowest BCUT2D eigenvalue weighted by Crippen LogP contribution is -2.45. The zero-order valence-corrected chi connectivity index (χ0v) is 13.5. The second-order valence-electron chi connectivity index (χ2n) is 5.30. The lowest BCUT2D eigenvalue weighted by atomic mass is 10.1. The number of alkyl halides is 3. The third-order valence-electron chi connectivity index (χ3n) is 3.77. The van der Waals surface area contributed by atoms with Crippen LogP contribution in [0.1, 0.15) is 18.4 Å². The molecule has 1 aromatic rings. The average molecular weight is 353 g/mol. The Hall–Kier alpha value is -1.47. The quantitative estimate of drug-likeness (QED) is 0.906. The SMILES string of the molecule is CN(C(=O)COc1cccc(C(F)(F)F)c1)C1CCNCC1.Cl. The number of ether oxygens (including phenoxy) is 1. The van der Waals surface area contributed by atoms with E-state index in [2.05, 4.69) is 5.32 Å². The monoisotopic (exact) mass is 352 g/mol. The van der Waals surface area contributed by atoms with Gasteiger partial charge in [0.15, 0.2) is 6.61 Å². The molecule has 130 valence electrons. The van der Waals surface area contributed by atoms with Crippen molar-refractivity contribution in [3.8, 4) is 5.75 Å². The Morgan fingerprint density at radius 1 is 1.35 bits per heavy atom. The number of benzene rings is 1. The van der Waals surface area contributed by atoms with Gasteiger partial charge in [-0.15, -0.1) is 12.4 Å². The lowest BCUT2D eigenvalue weighted by Gasteiger charge is -2.31. The number of piperidine rings is 1. The minimum absolute atomic E-state index is 0. The van der Waals surface area contributed by atoms with Gasteiger partial charge in [-0.2, -0.15) is 13.2 Å². The number of likely N-dealkylation sites (N-methyl/N-ethyl adjacent to an activating group) is 1. The molecule has 0 aliphatic carbocycles. The molecule has 0 radical (unpaired) electrons. The van der Waals surface area contributed by atoms with Gasteiger partial charge in [-0.25, -0.2) is 0 Å². The van der Waals surface area contributed by atoms with E-state index < -0.39 is 11.7 Å². The van der Waals surface area contributed by atoms with Crippen molar-refractivity contribution < 1.29 is 22.7 Å². The van der Waals surface area contributed by atoms with E-state index in [1.165, 1.54) is 12.1 Å². The van der Waals surface area contributed by atoms with Crippen molar-refractivity contribution in [2.45, 2.75) is 25.1 Å². The van der Waals surface area contributed by atoms with Gasteiger partial charge in [0, 0.05) is 13.1 Å². The third-order valence-corrected chi connectivity index (χ3v) is 3.77. The maximum atomic E-state index is 12.6. The number of carbonyl (C=O) groups excluding carboxylic acids is 1. The smallest absolute Gasteiger partial charge is 0.416 e. The standard InChI is InChI=1S/C15H19F3N2O2.ClH/c1-20(12-5-7-19-8-6-12)14(21)10-22-13-4-2-3-11(9-13)15(16,17)18;/h2-4,9,12,19H,5-8,10H2,1H3;1H. The molecule has 8 heteroatoms. The molecule has 0 aromatic heterocycles. The predicted molar refractivity (Wildman–Crippen MR) is 82.8 cm³/mol. The van der Waals surface area contributed by atoms with Crippen LogP contribution in [0.15, 0.2) is 24.3 Å². The van der Waals surface area contributed by atoms with Crippen molar-refractivity contribution in [3.05, 3.63) is 29.8 Å². The van der Waals surface area contributed by atoms with Crippen molar-refractivity contribution in [1.29, 1.82) is 0 Å². The summed E-state index contributed by atoms with van der Waals surface area (Å²) in [6, 6.07) is 4.69. The maximum absolute atomic E-state index is 12.6. The fourth-order valence-corrected chi connectivity index (χ4v) is 2.41. The number of carbonyl (C=O) groups is 1. The summed E-state index contributed by atoms with van der Waals surface area (Å²) >= 11 is 0. The maximum Gasteiger partial charge on any atom is 0.416 e. The van der Waals surface area contributed by atoms with Crippen LogP contribution in [0.2, 0.25) is 0 Å². The van der Waals surface area contributed by atoms with Crippen LogP contribution in [-0.4, -0.2) is 43.6 Å². The predicted octanol–water partition coefficient (Wildman–Crippen LogP) is 2.72. The first-order valence-electron chi connectivity index (χ1n) is 7.14. The molecular weight excluding hydrogens is 333 g/mol. The van der Waals surface area contributed by atoms with Crippen molar-refractivity contribution >= 4 is 18.3 Å². The van der Waals surface area contributed by atoms with Crippen LogP contribution in [0, 0.1) is 0 Å². The van der Waals surface area contributed by atoms with E-state index in [1.807, 2.05) is 0 Å². The lowest BCUT2D eigenvalue weighted by molar-refractivity contribution is -0.137. The first kappa shape index (κ1) is 19.6. The number of amides is 1. The molecule has 1 amide bonds. The van der Waals surface area contributed by atoms with Crippen LogP contribution in [0.5, 0.6) is 5.75 Å². The Morgan fingerprint density at radius 3 is 2.61 bits per heavy atom. The van der Waals surface area contributed by atoms with Crippen LogP contribution >= 0.6 is 12.4 Å². The zero-order valence-electron chi connectivity index (χ0n) is 12.7. The molecule has 1 aliphatic rings. The largest absolute Gasteiger partial charge is 0.484 e. The highest BCUT2D eigenvalue weighted by Gasteiger charge is 2.30. The van der Waals surface area contributed by atoms with E-state index in [-0.39, 0.29) is 36.7 Å². The average Bonchev–Trinajstić information content (AvgIpc) is 2.52. The Kier molecular flexibility index (Phi) is 7.15. The summed E-state index contributed by atoms with van der Waals surface area (Å²) < 4.78 is 43.0. The first-order chi connectivity index (χ1) is 10.4. The molecule has 1 aromatic carbocycles. The number of hydrogen-bond acceptors (Lipinski definition) is 3. The van der Waals surface area contributed by atoms with E-state index in [9.17, 15) is 18.0 Å². The second-order valence-corrected chi connectivity index (χ2v) is 5.30. The molecule has 0 spiro atoms. The first-order valence-corrected chi connectivity index (χ1v) is 7.14. The van der Waals surface area contributed by atoms with Gasteiger partial charge in [0.25, 0.3) is 5.91 Å². The molecule has 0 bridgehead atoms. The molecule has 0 saturated carbocycles. The summed E-state index contributed by atoms with van der Waals surface area (Å²) in [5.74, 6) is -0.189. The normalized spacial score (nSPS) is 15.7. The van der Waals surface area contributed by atoms with E-state index in [0.29, 0.717) is 0 Å². The van der Waals surface area contributed by atoms with Crippen LogP contribution < -0.4 is 10.1 Å². The summed E-state index contributed by atoms with van der Waals surface area (Å²) in [5, 5.41) is 3.21. The molecule has 2 rings (SSSR count). The number of nitrogens with one attached hydrogen (secondary N) is 1. The molecule has 23 heavy (non-hydrogen) atoms. The highest BCUT2D eigenvalue weighted by atomic mass is 35.5. The van der Waals surface area contributed by atoms with Crippen LogP contribution in [0.4, 0.5) is 13.2 Å². The highest BCUT2D eigenvalue weighted by Crippen LogP contribution is 2.31. The van der Waals surface area contributed by atoms with Gasteiger partial charge in [-0.1, -0.05) is 6.07 Å². The summed E-state index contributed by atoms with van der Waals surface area (Å²) in [5.41, 5.74) is -0.788. The van der Waals surface area contributed by atoms with Crippen LogP contribution in [0.25, 0.3) is 0 Å². The molecule has 1 saturated heterocycles. The van der Waals surface area contributed by atoms with E-state index >= 15 is 0 Å². The topological polar surface area (TPSA) is 41.6 Å². The summed E-state index contributed by atoms with van der Waals surface area (Å²) in [6.07, 6.45) is -2.69. The number of rotatable bonds is 4. The molecule has 0 atom stereocenters. The zero-order chi connectivity index (χ0) is 16.2. The second kappa shape index (κ2) is 8.40. The molecule has 4 nitrogen and oxygen atoms in total. The van der Waals surface area contributed by atoms with E-state index in [1.54, 1.807) is 11.9 Å². The number of halogens is 4. The highest BCUT2D eigenvalue weighted by molar-refractivity contribution is 5.85. The molecule has 0 unspecified atom stereocenters. The molecule has 1 N–H and O–H groups in total. The summed E-state index contributed by atoms with van der Waals surface area (Å²) in [4.78, 5) is 13.7. The molecule has 1 fully saturated rings.